The summed E-state index contributed by atoms with van der Waals surface area (Å²) in [5, 5.41) is 2.47. The fourth-order valence-corrected chi connectivity index (χ4v) is 3.47. The highest BCUT2D eigenvalue weighted by molar-refractivity contribution is 6.08. The van der Waals surface area contributed by atoms with E-state index in [-0.39, 0.29) is 54.5 Å². The van der Waals surface area contributed by atoms with Gasteiger partial charge in [0, 0.05) is 0 Å². The molecule has 0 aromatic rings. The number of imide groups is 1. The van der Waals surface area contributed by atoms with Gasteiger partial charge in [-0.3, -0.25) is 19.3 Å². The first kappa shape index (κ1) is 12.0. The first-order chi connectivity index (χ1) is 9.13. The maximum Gasteiger partial charge on any atom is 0.240 e. The number of hydrogen-bond donors (Lipinski definition) is 1. The Labute approximate surface area is 111 Å². The lowest BCUT2D eigenvalue weighted by molar-refractivity contribution is -0.144. The molecular formula is C14H14N2O3. The number of fused-ring (bicyclic) bond motifs is 5. The van der Waals surface area contributed by atoms with Gasteiger partial charge < -0.3 is 5.32 Å². The van der Waals surface area contributed by atoms with Crippen molar-refractivity contribution in [2.24, 2.45) is 23.7 Å². The summed E-state index contributed by atoms with van der Waals surface area (Å²) in [7, 11) is 0. The van der Waals surface area contributed by atoms with Crippen LogP contribution in [0.5, 0.6) is 0 Å². The zero-order chi connectivity index (χ0) is 13.6. The molecule has 1 heterocycles. The topological polar surface area (TPSA) is 66.5 Å². The maximum atomic E-state index is 12.2. The lowest BCUT2D eigenvalue weighted by atomic mass is 9.85. The molecule has 2 fully saturated rings. The Bertz CT molecular complexity index is 501. The Hall–Kier alpha value is -2.09. The van der Waals surface area contributed by atoms with Gasteiger partial charge in [-0.25, -0.2) is 0 Å². The highest BCUT2D eigenvalue weighted by Crippen LogP contribution is 2.52. The molecule has 19 heavy (non-hydrogen) atoms. The number of rotatable bonds is 3. The second-order valence-electron chi connectivity index (χ2n) is 5.24. The van der Waals surface area contributed by atoms with Crippen molar-refractivity contribution >= 4 is 17.7 Å². The number of terminal acetylenes is 1. The number of hydrogen-bond acceptors (Lipinski definition) is 3. The molecule has 3 rings (SSSR count). The standard InChI is InChI=1S/C14H14N2O3/c1-2-5-15-10(17)7-16-13(18)11-8-3-4-9(6-8)12(11)14(16)19/h1,3-4,8-9,11-12H,5-7H2,(H,15,17). The summed E-state index contributed by atoms with van der Waals surface area (Å²) < 4.78 is 0. The summed E-state index contributed by atoms with van der Waals surface area (Å²) in [6.07, 6.45) is 9.98. The summed E-state index contributed by atoms with van der Waals surface area (Å²) in [6.45, 7) is -0.111. The van der Waals surface area contributed by atoms with Crippen molar-refractivity contribution in [1.82, 2.24) is 10.2 Å². The molecule has 0 radical (unpaired) electrons. The van der Waals surface area contributed by atoms with Crippen molar-refractivity contribution in [3.63, 3.8) is 0 Å². The molecule has 0 aromatic carbocycles. The molecular weight excluding hydrogens is 244 g/mol. The fourth-order valence-electron chi connectivity index (χ4n) is 3.47. The predicted molar refractivity (Wildman–Crippen MR) is 66.3 cm³/mol. The summed E-state index contributed by atoms with van der Waals surface area (Å²) >= 11 is 0. The molecule has 0 aromatic heterocycles. The number of carbonyl (C=O) groups is 3. The van der Waals surface area contributed by atoms with Gasteiger partial charge in [-0.1, -0.05) is 18.1 Å². The van der Waals surface area contributed by atoms with Gasteiger partial charge >= 0.3 is 0 Å². The largest absolute Gasteiger partial charge is 0.344 e. The number of amides is 3. The molecule has 2 bridgehead atoms. The van der Waals surface area contributed by atoms with Gasteiger partial charge in [-0.15, -0.1) is 6.42 Å². The highest BCUT2D eigenvalue weighted by atomic mass is 16.2. The molecule has 1 saturated heterocycles. The second kappa shape index (κ2) is 4.23. The molecule has 1 aliphatic heterocycles. The van der Waals surface area contributed by atoms with Crippen LogP contribution < -0.4 is 5.32 Å². The van der Waals surface area contributed by atoms with E-state index in [0.717, 1.165) is 11.3 Å². The molecule has 5 heteroatoms. The van der Waals surface area contributed by atoms with Gasteiger partial charge in [0.1, 0.15) is 6.54 Å². The smallest absolute Gasteiger partial charge is 0.240 e. The van der Waals surface area contributed by atoms with E-state index < -0.39 is 0 Å². The van der Waals surface area contributed by atoms with Crippen molar-refractivity contribution < 1.29 is 14.4 Å². The lowest BCUT2D eigenvalue weighted by Gasteiger charge is -2.16. The van der Waals surface area contributed by atoms with Crippen LogP contribution in [0.1, 0.15) is 6.42 Å². The van der Waals surface area contributed by atoms with Crippen molar-refractivity contribution in [1.29, 1.82) is 0 Å². The van der Waals surface area contributed by atoms with Gasteiger partial charge in [0.25, 0.3) is 0 Å². The van der Waals surface area contributed by atoms with Crippen LogP contribution in [0.4, 0.5) is 0 Å². The minimum Gasteiger partial charge on any atom is -0.344 e. The van der Waals surface area contributed by atoms with E-state index in [4.69, 9.17) is 6.42 Å². The van der Waals surface area contributed by atoms with Crippen LogP contribution in [0, 0.1) is 36.0 Å². The van der Waals surface area contributed by atoms with E-state index in [1.54, 1.807) is 0 Å². The van der Waals surface area contributed by atoms with Crippen LogP contribution in [0.25, 0.3) is 0 Å². The molecule has 3 aliphatic rings. The van der Waals surface area contributed by atoms with Crippen LogP contribution in [0.3, 0.4) is 0 Å². The lowest BCUT2D eigenvalue weighted by Crippen LogP contribution is -2.41. The maximum absolute atomic E-state index is 12.2. The van der Waals surface area contributed by atoms with Crippen molar-refractivity contribution in [3.8, 4) is 12.3 Å². The van der Waals surface area contributed by atoms with Crippen molar-refractivity contribution in [3.05, 3.63) is 12.2 Å². The molecule has 98 valence electrons. The van der Waals surface area contributed by atoms with Crippen LogP contribution in [0.15, 0.2) is 12.2 Å². The first-order valence-corrected chi connectivity index (χ1v) is 6.37. The Morgan fingerprint density at radius 2 is 1.89 bits per heavy atom. The molecule has 0 spiro atoms. The summed E-state index contributed by atoms with van der Waals surface area (Å²) in [5.41, 5.74) is 0. The summed E-state index contributed by atoms with van der Waals surface area (Å²) in [5.74, 6) is 1.33. The first-order valence-electron chi connectivity index (χ1n) is 6.37. The number of allylic oxidation sites excluding steroid dienone is 2. The van der Waals surface area contributed by atoms with Gasteiger partial charge in [-0.05, 0) is 18.3 Å². The third-order valence-corrected chi connectivity index (χ3v) is 4.25. The molecule has 2 aliphatic carbocycles. The Kier molecular flexibility index (Phi) is 2.67. The van der Waals surface area contributed by atoms with E-state index in [9.17, 15) is 14.4 Å². The second-order valence-corrected chi connectivity index (χ2v) is 5.24. The zero-order valence-electron chi connectivity index (χ0n) is 10.3. The minimum atomic E-state index is -0.389. The number of nitrogens with one attached hydrogen (secondary N) is 1. The molecule has 3 amide bonds. The fraction of sp³-hybridized carbons (Fsp3) is 0.500. The van der Waals surface area contributed by atoms with Gasteiger partial charge in [0.15, 0.2) is 0 Å². The SMILES string of the molecule is C#CCNC(=O)CN1C(=O)C2C3C=CC(C3)C2C1=O. The normalized spacial score (nSPS) is 34.6. The Morgan fingerprint density at radius 1 is 1.32 bits per heavy atom. The number of nitrogens with zero attached hydrogens (tertiary/aromatic N) is 1. The quantitative estimate of drug-likeness (QED) is 0.423. The average Bonchev–Trinajstić information content (AvgIpc) is 3.06. The Balaban J connectivity index is 1.72. The monoisotopic (exact) mass is 258 g/mol. The molecule has 4 unspecified atom stereocenters. The summed E-state index contributed by atoms with van der Waals surface area (Å²) in [6, 6.07) is 0. The van der Waals surface area contributed by atoms with E-state index in [1.807, 2.05) is 12.2 Å². The molecule has 5 nitrogen and oxygen atoms in total. The third kappa shape index (κ3) is 1.67. The third-order valence-electron chi connectivity index (χ3n) is 4.25. The van der Waals surface area contributed by atoms with E-state index in [1.165, 1.54) is 0 Å². The molecule has 1 saturated carbocycles. The van der Waals surface area contributed by atoms with Crippen LogP contribution in [0.2, 0.25) is 0 Å². The minimum absolute atomic E-state index is 0.106. The van der Waals surface area contributed by atoms with Crippen LogP contribution in [-0.2, 0) is 14.4 Å². The van der Waals surface area contributed by atoms with Gasteiger partial charge in [0.2, 0.25) is 17.7 Å². The highest BCUT2D eigenvalue weighted by Gasteiger charge is 2.59. The van der Waals surface area contributed by atoms with Crippen LogP contribution in [-0.4, -0.2) is 35.7 Å². The molecule has 1 N–H and O–H groups in total. The van der Waals surface area contributed by atoms with E-state index in [2.05, 4.69) is 11.2 Å². The number of likely N-dealkylation sites (tertiary alicyclic amines) is 1. The van der Waals surface area contributed by atoms with Gasteiger partial charge in [0.05, 0.1) is 18.4 Å². The van der Waals surface area contributed by atoms with Crippen molar-refractivity contribution in [2.75, 3.05) is 13.1 Å². The average molecular weight is 258 g/mol. The van der Waals surface area contributed by atoms with E-state index >= 15 is 0 Å². The van der Waals surface area contributed by atoms with Crippen LogP contribution >= 0.6 is 0 Å². The number of carbonyl (C=O) groups excluding carboxylic acids is 3. The van der Waals surface area contributed by atoms with Crippen molar-refractivity contribution in [2.45, 2.75) is 6.42 Å². The van der Waals surface area contributed by atoms with E-state index in [0.29, 0.717) is 0 Å². The molecule has 4 atom stereocenters. The predicted octanol–water partition coefficient (Wildman–Crippen LogP) is -0.457. The zero-order valence-corrected chi connectivity index (χ0v) is 10.3. The Morgan fingerprint density at radius 3 is 2.42 bits per heavy atom. The summed E-state index contributed by atoms with van der Waals surface area (Å²) in [4.78, 5) is 37.2. The van der Waals surface area contributed by atoms with Gasteiger partial charge in [-0.2, -0.15) is 0 Å².